The minimum atomic E-state index is -0.579. The number of unbranched alkanes of at least 4 members (excludes halogenated alkanes) is 1. The molecule has 0 saturated carbocycles. The Bertz CT molecular complexity index is 176. The van der Waals surface area contributed by atoms with Crippen LogP contribution >= 0.6 is 0 Å². The van der Waals surface area contributed by atoms with E-state index in [9.17, 15) is 0 Å². The van der Waals surface area contributed by atoms with Crippen LogP contribution in [0.4, 0.5) is 0 Å². The molecule has 0 aromatic heterocycles. The zero-order valence-electron chi connectivity index (χ0n) is 8.91. The standard InChI is InChI=1S/C10H20BNO2/c1-14-11(13)8-4-2-6-10-7-3-5-9-12-10/h3,7,10,12-13H,2,4-6,8-9H2,1H3/t10-/m1/s1. The third kappa shape index (κ3) is 4.79. The smallest absolute Gasteiger partial charge is 0.427 e. The Morgan fingerprint density at radius 2 is 2.43 bits per heavy atom. The molecule has 0 aromatic carbocycles. The van der Waals surface area contributed by atoms with Crippen LogP contribution < -0.4 is 5.32 Å². The van der Waals surface area contributed by atoms with Crippen LogP contribution in [-0.4, -0.2) is 31.8 Å². The van der Waals surface area contributed by atoms with Gasteiger partial charge in [0.05, 0.1) is 0 Å². The highest BCUT2D eigenvalue weighted by Gasteiger charge is 2.11. The number of nitrogens with one attached hydrogen (secondary N) is 1. The Hall–Kier alpha value is -0.315. The Kier molecular flexibility index (Phi) is 5.91. The largest absolute Gasteiger partial charge is 0.453 e. The summed E-state index contributed by atoms with van der Waals surface area (Å²) in [5.74, 6) is 0. The molecule has 2 N–H and O–H groups in total. The van der Waals surface area contributed by atoms with Crippen LogP contribution in [0.1, 0.15) is 25.7 Å². The van der Waals surface area contributed by atoms with Crippen LogP contribution in [0.25, 0.3) is 0 Å². The van der Waals surface area contributed by atoms with E-state index in [0.717, 1.165) is 38.5 Å². The van der Waals surface area contributed by atoms with Crippen molar-refractivity contribution in [3.8, 4) is 0 Å². The second-order valence-corrected chi connectivity index (χ2v) is 3.75. The molecule has 0 radical (unpaired) electrons. The average molecular weight is 197 g/mol. The van der Waals surface area contributed by atoms with Gasteiger partial charge in [-0.3, -0.25) is 0 Å². The summed E-state index contributed by atoms with van der Waals surface area (Å²) in [5.41, 5.74) is 0. The molecule has 1 rings (SSSR count). The summed E-state index contributed by atoms with van der Waals surface area (Å²) in [4.78, 5) is 0. The van der Waals surface area contributed by atoms with Crippen molar-refractivity contribution in [1.82, 2.24) is 5.32 Å². The first-order valence-electron chi connectivity index (χ1n) is 5.44. The number of hydrogen-bond donors (Lipinski definition) is 2. The molecule has 4 heteroatoms. The number of rotatable bonds is 6. The summed E-state index contributed by atoms with van der Waals surface area (Å²) < 4.78 is 4.77. The lowest BCUT2D eigenvalue weighted by Crippen LogP contribution is -2.30. The summed E-state index contributed by atoms with van der Waals surface area (Å²) in [7, 11) is 0.959. The SMILES string of the molecule is COB(O)CCCC[C@@H]1C=CCCN1. The summed E-state index contributed by atoms with van der Waals surface area (Å²) >= 11 is 0. The lowest BCUT2D eigenvalue weighted by atomic mass is 9.82. The quantitative estimate of drug-likeness (QED) is 0.382. The molecule has 80 valence electrons. The van der Waals surface area contributed by atoms with Crippen molar-refractivity contribution < 1.29 is 9.68 Å². The van der Waals surface area contributed by atoms with Crippen molar-refractivity contribution in [2.45, 2.75) is 38.0 Å². The van der Waals surface area contributed by atoms with Gasteiger partial charge in [-0.05, 0) is 25.7 Å². The zero-order valence-corrected chi connectivity index (χ0v) is 8.91. The van der Waals surface area contributed by atoms with Crippen molar-refractivity contribution in [2.75, 3.05) is 13.7 Å². The monoisotopic (exact) mass is 197 g/mol. The Morgan fingerprint density at radius 1 is 1.57 bits per heavy atom. The number of hydrogen-bond acceptors (Lipinski definition) is 3. The Morgan fingerprint density at radius 3 is 3.07 bits per heavy atom. The maximum absolute atomic E-state index is 9.14. The summed E-state index contributed by atoms with van der Waals surface area (Å²) in [6.45, 7) is 1.10. The molecule has 1 aliphatic rings. The van der Waals surface area contributed by atoms with Gasteiger partial charge in [0.1, 0.15) is 0 Å². The van der Waals surface area contributed by atoms with E-state index in [2.05, 4.69) is 17.5 Å². The normalized spacial score (nSPS) is 21.1. The second kappa shape index (κ2) is 7.04. The van der Waals surface area contributed by atoms with Gasteiger partial charge in [-0.2, -0.15) is 0 Å². The molecule has 0 fully saturated rings. The molecule has 0 bridgehead atoms. The van der Waals surface area contributed by atoms with Crippen molar-refractivity contribution in [3.63, 3.8) is 0 Å². The van der Waals surface area contributed by atoms with E-state index in [4.69, 9.17) is 9.68 Å². The van der Waals surface area contributed by atoms with Crippen molar-refractivity contribution in [2.24, 2.45) is 0 Å². The molecule has 0 amide bonds. The van der Waals surface area contributed by atoms with E-state index >= 15 is 0 Å². The van der Waals surface area contributed by atoms with Gasteiger partial charge >= 0.3 is 7.12 Å². The van der Waals surface area contributed by atoms with E-state index in [1.54, 1.807) is 0 Å². The first-order valence-corrected chi connectivity index (χ1v) is 5.44. The van der Waals surface area contributed by atoms with Gasteiger partial charge in [0, 0.05) is 13.2 Å². The van der Waals surface area contributed by atoms with Gasteiger partial charge in [0.15, 0.2) is 0 Å². The van der Waals surface area contributed by atoms with Crippen LogP contribution in [-0.2, 0) is 4.65 Å². The third-order valence-corrected chi connectivity index (χ3v) is 2.57. The summed E-state index contributed by atoms with van der Waals surface area (Å²) in [6, 6.07) is 0.545. The fourth-order valence-corrected chi connectivity index (χ4v) is 1.68. The molecule has 14 heavy (non-hydrogen) atoms. The van der Waals surface area contributed by atoms with E-state index in [1.807, 2.05) is 0 Å². The van der Waals surface area contributed by atoms with Crippen LogP contribution in [0.2, 0.25) is 6.32 Å². The van der Waals surface area contributed by atoms with Gasteiger partial charge in [0.25, 0.3) is 0 Å². The van der Waals surface area contributed by atoms with Crippen molar-refractivity contribution in [3.05, 3.63) is 12.2 Å². The van der Waals surface area contributed by atoms with Crippen LogP contribution in [0.15, 0.2) is 12.2 Å². The maximum atomic E-state index is 9.14. The molecule has 0 aliphatic carbocycles. The fourth-order valence-electron chi connectivity index (χ4n) is 1.68. The molecule has 0 aromatic rings. The summed E-state index contributed by atoms with van der Waals surface area (Å²) in [6.07, 6.45) is 9.71. The zero-order chi connectivity index (χ0) is 10.2. The predicted octanol–water partition coefficient (Wildman–Crippen LogP) is 1.20. The van der Waals surface area contributed by atoms with Crippen LogP contribution in [0, 0.1) is 0 Å². The van der Waals surface area contributed by atoms with Crippen LogP contribution in [0.5, 0.6) is 0 Å². The summed E-state index contributed by atoms with van der Waals surface area (Å²) in [5, 5.41) is 12.6. The Balaban J connectivity index is 1.98. The molecule has 1 aliphatic heterocycles. The highest BCUT2D eigenvalue weighted by molar-refractivity contribution is 6.42. The van der Waals surface area contributed by atoms with Gasteiger partial charge in [-0.1, -0.05) is 25.0 Å². The fraction of sp³-hybridized carbons (Fsp3) is 0.800. The van der Waals surface area contributed by atoms with Gasteiger partial charge < -0.3 is 15.0 Å². The van der Waals surface area contributed by atoms with E-state index in [1.165, 1.54) is 7.11 Å². The third-order valence-electron chi connectivity index (χ3n) is 2.57. The average Bonchev–Trinajstić information content (AvgIpc) is 2.25. The van der Waals surface area contributed by atoms with Crippen LogP contribution in [0.3, 0.4) is 0 Å². The molecular formula is C10H20BNO2. The van der Waals surface area contributed by atoms with Gasteiger partial charge in [-0.25, -0.2) is 0 Å². The lowest BCUT2D eigenvalue weighted by Gasteiger charge is -2.18. The van der Waals surface area contributed by atoms with Crippen molar-refractivity contribution >= 4 is 7.12 Å². The molecule has 1 heterocycles. The van der Waals surface area contributed by atoms with E-state index in [0.29, 0.717) is 6.04 Å². The predicted molar refractivity (Wildman–Crippen MR) is 59.2 cm³/mol. The second-order valence-electron chi connectivity index (χ2n) is 3.75. The molecule has 3 nitrogen and oxygen atoms in total. The maximum Gasteiger partial charge on any atom is 0.453 e. The van der Waals surface area contributed by atoms with E-state index in [-0.39, 0.29) is 0 Å². The molecule has 0 saturated heterocycles. The van der Waals surface area contributed by atoms with Gasteiger partial charge in [0.2, 0.25) is 0 Å². The lowest BCUT2D eigenvalue weighted by molar-refractivity contribution is 0.323. The van der Waals surface area contributed by atoms with E-state index < -0.39 is 7.12 Å². The van der Waals surface area contributed by atoms with Gasteiger partial charge in [-0.15, -0.1) is 0 Å². The topological polar surface area (TPSA) is 41.5 Å². The molecule has 1 atom stereocenters. The molecule has 0 unspecified atom stereocenters. The molecular weight excluding hydrogens is 177 g/mol. The highest BCUT2D eigenvalue weighted by atomic mass is 16.5. The first-order chi connectivity index (χ1) is 6.83. The molecule has 0 spiro atoms. The highest BCUT2D eigenvalue weighted by Crippen LogP contribution is 2.09. The Labute approximate surface area is 86.7 Å². The minimum Gasteiger partial charge on any atom is -0.427 e. The van der Waals surface area contributed by atoms with Crippen molar-refractivity contribution in [1.29, 1.82) is 0 Å². The first kappa shape index (κ1) is 11.8. The minimum absolute atomic E-state index is 0.545.